The maximum absolute atomic E-state index is 12.7. The molecule has 0 unspecified atom stereocenters. The van der Waals surface area contributed by atoms with Crippen molar-refractivity contribution in [3.8, 4) is 5.88 Å². The van der Waals surface area contributed by atoms with Crippen LogP contribution in [0.4, 0.5) is 0 Å². The molecular weight excluding hydrogens is 394 g/mol. The van der Waals surface area contributed by atoms with Gasteiger partial charge >= 0.3 is 0 Å². The van der Waals surface area contributed by atoms with Crippen LogP contribution in [0.5, 0.6) is 5.88 Å². The molecule has 0 radical (unpaired) electrons. The monoisotopic (exact) mass is 431 g/mol. The molecule has 2 aromatic heterocycles. The Labute approximate surface area is 185 Å². The summed E-state index contributed by atoms with van der Waals surface area (Å²) in [7, 11) is 3.49. The molecule has 0 saturated carbocycles. The SMILES string of the molecule is COc1nn(C)c2nc(C)c(CCC(=O)NC[C@H](CC(C)C)N3CCOCC3)c(C)c12. The van der Waals surface area contributed by atoms with Crippen LogP contribution in [0.15, 0.2) is 0 Å². The third kappa shape index (κ3) is 5.54. The van der Waals surface area contributed by atoms with Gasteiger partial charge in [-0.05, 0) is 43.7 Å². The van der Waals surface area contributed by atoms with Crippen molar-refractivity contribution in [2.24, 2.45) is 13.0 Å². The smallest absolute Gasteiger partial charge is 0.242 e. The number of rotatable bonds is 9. The van der Waals surface area contributed by atoms with Crippen molar-refractivity contribution in [1.29, 1.82) is 0 Å². The van der Waals surface area contributed by atoms with E-state index in [2.05, 4.69) is 36.1 Å². The lowest BCUT2D eigenvalue weighted by atomic mass is 9.99. The third-order valence-corrected chi connectivity index (χ3v) is 6.16. The van der Waals surface area contributed by atoms with Crippen LogP contribution in [-0.4, -0.2) is 71.6 Å². The molecule has 8 heteroatoms. The summed E-state index contributed by atoms with van der Waals surface area (Å²) in [6.07, 6.45) is 2.16. The lowest BCUT2D eigenvalue weighted by Gasteiger charge is -2.35. The number of aromatic nitrogens is 3. The molecule has 8 nitrogen and oxygen atoms in total. The highest BCUT2D eigenvalue weighted by Crippen LogP contribution is 2.30. The van der Waals surface area contributed by atoms with E-state index in [4.69, 9.17) is 14.5 Å². The summed E-state index contributed by atoms with van der Waals surface area (Å²) in [5.41, 5.74) is 3.93. The van der Waals surface area contributed by atoms with Gasteiger partial charge in [0.1, 0.15) is 0 Å². The number of pyridine rings is 1. The van der Waals surface area contributed by atoms with Gasteiger partial charge in [0, 0.05) is 44.8 Å². The second-order valence-corrected chi connectivity index (χ2v) is 8.87. The fourth-order valence-corrected chi connectivity index (χ4v) is 4.51. The molecule has 2 aromatic rings. The Morgan fingerprint density at radius 2 is 1.97 bits per heavy atom. The average molecular weight is 432 g/mol. The van der Waals surface area contributed by atoms with Crippen LogP contribution < -0.4 is 10.1 Å². The van der Waals surface area contributed by atoms with Gasteiger partial charge < -0.3 is 14.8 Å². The number of aryl methyl sites for hydroxylation is 3. The van der Waals surface area contributed by atoms with Gasteiger partial charge in [0.25, 0.3) is 0 Å². The first-order valence-corrected chi connectivity index (χ1v) is 11.3. The number of nitrogens with zero attached hydrogens (tertiary/aromatic N) is 4. The molecule has 0 aromatic carbocycles. The van der Waals surface area contributed by atoms with Crippen LogP contribution in [0.25, 0.3) is 11.0 Å². The van der Waals surface area contributed by atoms with Crippen LogP contribution in [0.1, 0.15) is 43.5 Å². The number of ether oxygens (including phenoxy) is 2. The van der Waals surface area contributed by atoms with Crippen molar-refractivity contribution in [3.63, 3.8) is 0 Å². The number of amides is 1. The molecular formula is C23H37N5O3. The molecule has 1 fully saturated rings. The molecule has 1 aliphatic rings. The minimum absolute atomic E-state index is 0.0825. The van der Waals surface area contributed by atoms with E-state index in [0.29, 0.717) is 37.2 Å². The fourth-order valence-electron chi connectivity index (χ4n) is 4.51. The fraction of sp³-hybridized carbons (Fsp3) is 0.696. The van der Waals surface area contributed by atoms with Crippen LogP contribution >= 0.6 is 0 Å². The summed E-state index contributed by atoms with van der Waals surface area (Å²) in [4.78, 5) is 19.9. The number of carbonyl (C=O) groups excluding carboxylic acids is 1. The minimum atomic E-state index is 0.0825. The molecule has 1 saturated heterocycles. The predicted octanol–water partition coefficient (Wildman–Crippen LogP) is 2.39. The van der Waals surface area contributed by atoms with Gasteiger partial charge in [0.15, 0.2) is 5.65 Å². The number of carbonyl (C=O) groups is 1. The molecule has 1 aliphatic heterocycles. The highest BCUT2D eigenvalue weighted by atomic mass is 16.5. The van der Waals surface area contributed by atoms with E-state index in [1.807, 2.05) is 14.0 Å². The van der Waals surface area contributed by atoms with Crippen LogP contribution in [0, 0.1) is 19.8 Å². The Morgan fingerprint density at radius 3 is 2.61 bits per heavy atom. The first kappa shape index (κ1) is 23.5. The van der Waals surface area contributed by atoms with Crippen LogP contribution in [-0.2, 0) is 23.0 Å². The van der Waals surface area contributed by atoms with Gasteiger partial charge in [0.2, 0.25) is 11.8 Å². The molecule has 172 valence electrons. The molecule has 1 atom stereocenters. The number of methoxy groups -OCH3 is 1. The van der Waals surface area contributed by atoms with Crippen molar-refractivity contribution in [3.05, 3.63) is 16.8 Å². The second-order valence-electron chi connectivity index (χ2n) is 8.87. The van der Waals surface area contributed by atoms with Gasteiger partial charge in [0.05, 0.1) is 25.7 Å². The van der Waals surface area contributed by atoms with Gasteiger partial charge in [-0.3, -0.25) is 9.69 Å². The first-order valence-electron chi connectivity index (χ1n) is 11.3. The highest BCUT2D eigenvalue weighted by molar-refractivity contribution is 5.86. The zero-order valence-electron chi connectivity index (χ0n) is 19.8. The number of hydrogen-bond donors (Lipinski definition) is 1. The van der Waals surface area contributed by atoms with Gasteiger partial charge in [-0.1, -0.05) is 13.8 Å². The third-order valence-electron chi connectivity index (χ3n) is 6.16. The normalized spacial score (nSPS) is 16.1. The number of morpholine rings is 1. The van der Waals surface area contributed by atoms with E-state index in [0.717, 1.165) is 60.6 Å². The van der Waals surface area contributed by atoms with Crippen molar-refractivity contribution < 1.29 is 14.3 Å². The summed E-state index contributed by atoms with van der Waals surface area (Å²) in [5.74, 6) is 1.25. The molecule has 1 N–H and O–H groups in total. The summed E-state index contributed by atoms with van der Waals surface area (Å²) in [6, 6.07) is 0.356. The average Bonchev–Trinajstić information content (AvgIpc) is 3.07. The predicted molar refractivity (Wildman–Crippen MR) is 122 cm³/mol. The van der Waals surface area contributed by atoms with E-state index >= 15 is 0 Å². The molecule has 0 bridgehead atoms. The lowest BCUT2D eigenvalue weighted by molar-refractivity contribution is -0.121. The largest absolute Gasteiger partial charge is 0.479 e. The second kappa shape index (κ2) is 10.4. The summed E-state index contributed by atoms with van der Waals surface area (Å²) in [6.45, 7) is 12.6. The summed E-state index contributed by atoms with van der Waals surface area (Å²) < 4.78 is 12.7. The summed E-state index contributed by atoms with van der Waals surface area (Å²) in [5, 5.41) is 8.50. The van der Waals surface area contributed by atoms with E-state index in [1.54, 1.807) is 11.8 Å². The number of hydrogen-bond acceptors (Lipinski definition) is 6. The molecule has 0 aliphatic carbocycles. The zero-order valence-corrected chi connectivity index (χ0v) is 19.8. The van der Waals surface area contributed by atoms with Crippen LogP contribution in [0.2, 0.25) is 0 Å². The zero-order chi connectivity index (χ0) is 22.5. The van der Waals surface area contributed by atoms with Crippen molar-refractivity contribution in [2.75, 3.05) is 40.0 Å². The quantitative estimate of drug-likeness (QED) is 0.657. The van der Waals surface area contributed by atoms with Crippen molar-refractivity contribution >= 4 is 16.9 Å². The van der Waals surface area contributed by atoms with E-state index in [-0.39, 0.29) is 5.91 Å². The molecule has 3 rings (SSSR count). The molecule has 1 amide bonds. The van der Waals surface area contributed by atoms with Gasteiger partial charge in [-0.25, -0.2) is 9.67 Å². The molecule has 31 heavy (non-hydrogen) atoms. The van der Waals surface area contributed by atoms with E-state index in [1.165, 1.54) is 0 Å². The minimum Gasteiger partial charge on any atom is -0.479 e. The van der Waals surface area contributed by atoms with E-state index < -0.39 is 0 Å². The first-order chi connectivity index (χ1) is 14.8. The Balaban J connectivity index is 1.64. The van der Waals surface area contributed by atoms with Crippen molar-refractivity contribution in [1.82, 2.24) is 25.0 Å². The number of nitrogens with one attached hydrogen (secondary N) is 1. The molecule has 3 heterocycles. The maximum Gasteiger partial charge on any atom is 0.242 e. The standard InChI is InChI=1S/C23H37N5O3/c1-15(2)13-18(28-9-11-31-12-10-28)14-24-20(29)8-7-19-16(3)21-22(25-17(19)4)27(5)26-23(21)30-6/h15,18H,7-14H2,1-6H3,(H,24,29)/t18-/m0/s1. The Hall–Kier alpha value is -2.19. The van der Waals surface area contributed by atoms with Gasteiger partial charge in [-0.15, -0.1) is 5.10 Å². The van der Waals surface area contributed by atoms with E-state index in [9.17, 15) is 4.79 Å². The van der Waals surface area contributed by atoms with Crippen molar-refractivity contribution in [2.45, 2.75) is 53.0 Å². The number of fused-ring (bicyclic) bond motifs is 1. The van der Waals surface area contributed by atoms with Gasteiger partial charge in [-0.2, -0.15) is 0 Å². The Morgan fingerprint density at radius 1 is 1.26 bits per heavy atom. The molecule has 0 spiro atoms. The topological polar surface area (TPSA) is 81.5 Å². The Kier molecular flexibility index (Phi) is 7.89. The van der Waals surface area contributed by atoms with Crippen LogP contribution in [0.3, 0.4) is 0 Å². The summed E-state index contributed by atoms with van der Waals surface area (Å²) >= 11 is 0. The lowest BCUT2D eigenvalue weighted by Crippen LogP contribution is -2.49. The maximum atomic E-state index is 12.7. The Bertz CT molecular complexity index is 902. The highest BCUT2D eigenvalue weighted by Gasteiger charge is 2.23.